The van der Waals surface area contributed by atoms with Crippen LogP contribution in [0.4, 0.5) is 0 Å². The Morgan fingerprint density at radius 2 is 2.00 bits per heavy atom. The van der Waals surface area contributed by atoms with Crippen LogP contribution in [0, 0.1) is 17.2 Å². The van der Waals surface area contributed by atoms with E-state index in [0.717, 1.165) is 12.8 Å². The second-order valence-corrected chi connectivity index (χ2v) is 5.66. The Hall–Kier alpha value is -1.86. The Morgan fingerprint density at radius 1 is 1.24 bits per heavy atom. The van der Waals surface area contributed by atoms with Gasteiger partial charge in [0.15, 0.2) is 0 Å². The van der Waals surface area contributed by atoms with E-state index in [-0.39, 0.29) is 12.5 Å². The number of hydrogen-bond donors (Lipinski definition) is 2. The largest absolute Gasteiger partial charge is 0.342 e. The Morgan fingerprint density at radius 3 is 2.76 bits per heavy atom. The predicted octanol–water partition coefficient (Wildman–Crippen LogP) is 2.02. The first kappa shape index (κ1) is 15.5. The number of carbonyl (C=O) groups excluding carboxylic acids is 1. The van der Waals surface area contributed by atoms with Crippen molar-refractivity contribution in [1.82, 2.24) is 10.6 Å². The number of rotatable bonds is 6. The number of nitrogens with zero attached hydrogens (tertiary/aromatic N) is 1. The Labute approximate surface area is 126 Å². The van der Waals surface area contributed by atoms with Crippen molar-refractivity contribution in [3.05, 3.63) is 35.9 Å². The lowest BCUT2D eigenvalue weighted by Crippen LogP contribution is -2.44. The Kier molecular flexibility index (Phi) is 6.23. The summed E-state index contributed by atoms with van der Waals surface area (Å²) in [6.45, 7) is 0.385. The fraction of sp³-hybridized carbons (Fsp3) is 0.529. The van der Waals surface area contributed by atoms with E-state index in [0.29, 0.717) is 18.5 Å². The molecule has 1 aromatic rings. The number of benzene rings is 1. The zero-order valence-electron chi connectivity index (χ0n) is 12.3. The summed E-state index contributed by atoms with van der Waals surface area (Å²) >= 11 is 0. The van der Waals surface area contributed by atoms with Crippen molar-refractivity contribution in [3.8, 4) is 6.07 Å². The molecule has 0 aromatic heterocycles. The highest BCUT2D eigenvalue weighted by molar-refractivity contribution is 5.78. The standard InChI is InChI=1S/C17H23N3O/c18-10-11-19-17(21)13-20-16-9-5-4-8-15(16)12-14-6-2-1-3-7-14/h1-3,6-7,15-16,20H,4-5,8-9,11-13H2,(H,19,21)/t15-,16-/m0/s1. The molecule has 4 nitrogen and oxygen atoms in total. The fourth-order valence-corrected chi connectivity index (χ4v) is 3.06. The van der Waals surface area contributed by atoms with Gasteiger partial charge in [-0.3, -0.25) is 4.79 Å². The average molecular weight is 285 g/mol. The fourth-order valence-electron chi connectivity index (χ4n) is 3.06. The summed E-state index contributed by atoms with van der Waals surface area (Å²) in [5, 5.41) is 14.4. The molecule has 112 valence electrons. The molecule has 0 aliphatic heterocycles. The summed E-state index contributed by atoms with van der Waals surface area (Å²) < 4.78 is 0. The molecule has 21 heavy (non-hydrogen) atoms. The molecule has 0 saturated heterocycles. The molecule has 2 N–H and O–H groups in total. The lowest BCUT2D eigenvalue weighted by Gasteiger charge is -2.32. The lowest BCUT2D eigenvalue weighted by atomic mass is 9.80. The van der Waals surface area contributed by atoms with Gasteiger partial charge in [-0.2, -0.15) is 5.26 Å². The molecule has 0 radical (unpaired) electrons. The highest BCUT2D eigenvalue weighted by atomic mass is 16.1. The molecule has 0 spiro atoms. The summed E-state index contributed by atoms with van der Waals surface area (Å²) in [5.41, 5.74) is 1.37. The molecule has 1 aromatic carbocycles. The molecular formula is C17H23N3O. The maximum atomic E-state index is 11.6. The van der Waals surface area contributed by atoms with Crippen LogP contribution < -0.4 is 10.6 Å². The maximum absolute atomic E-state index is 11.6. The summed E-state index contributed by atoms with van der Waals surface area (Å²) in [6, 6.07) is 12.9. The van der Waals surface area contributed by atoms with Gasteiger partial charge in [0.25, 0.3) is 0 Å². The van der Waals surface area contributed by atoms with Crippen molar-refractivity contribution in [1.29, 1.82) is 5.26 Å². The van der Waals surface area contributed by atoms with Gasteiger partial charge in [0.05, 0.1) is 12.6 Å². The molecule has 1 aliphatic rings. The monoisotopic (exact) mass is 285 g/mol. The van der Waals surface area contributed by atoms with Crippen LogP contribution in [-0.4, -0.2) is 25.0 Å². The van der Waals surface area contributed by atoms with E-state index < -0.39 is 0 Å². The van der Waals surface area contributed by atoms with Crippen LogP contribution in [-0.2, 0) is 11.2 Å². The second-order valence-electron chi connectivity index (χ2n) is 5.66. The molecule has 1 amide bonds. The van der Waals surface area contributed by atoms with E-state index in [1.807, 2.05) is 12.1 Å². The minimum atomic E-state index is -0.0967. The van der Waals surface area contributed by atoms with E-state index in [1.54, 1.807) is 0 Å². The van der Waals surface area contributed by atoms with Crippen molar-refractivity contribution in [2.75, 3.05) is 13.1 Å². The molecule has 0 bridgehead atoms. The van der Waals surface area contributed by atoms with Gasteiger partial charge >= 0.3 is 0 Å². The SMILES string of the molecule is N#CCNC(=O)CN[C@H]1CCCC[C@H]1Cc1ccccc1. The third kappa shape index (κ3) is 5.20. The minimum absolute atomic E-state index is 0.0820. The van der Waals surface area contributed by atoms with E-state index in [9.17, 15) is 4.79 Å². The van der Waals surface area contributed by atoms with Crippen LogP contribution in [0.2, 0.25) is 0 Å². The minimum Gasteiger partial charge on any atom is -0.342 e. The van der Waals surface area contributed by atoms with E-state index in [4.69, 9.17) is 5.26 Å². The zero-order chi connectivity index (χ0) is 14.9. The van der Waals surface area contributed by atoms with E-state index >= 15 is 0 Å². The summed E-state index contributed by atoms with van der Waals surface area (Å²) in [7, 11) is 0. The zero-order valence-corrected chi connectivity index (χ0v) is 12.3. The molecule has 1 saturated carbocycles. The van der Waals surface area contributed by atoms with Crippen LogP contribution in [0.25, 0.3) is 0 Å². The first-order valence-electron chi connectivity index (χ1n) is 7.70. The van der Waals surface area contributed by atoms with Gasteiger partial charge in [-0.25, -0.2) is 0 Å². The van der Waals surface area contributed by atoms with Gasteiger partial charge in [0, 0.05) is 6.04 Å². The van der Waals surface area contributed by atoms with Crippen molar-refractivity contribution in [2.24, 2.45) is 5.92 Å². The summed E-state index contributed by atoms with van der Waals surface area (Å²) in [6.07, 6.45) is 5.91. The highest BCUT2D eigenvalue weighted by Gasteiger charge is 2.25. The number of nitriles is 1. The van der Waals surface area contributed by atoms with Crippen molar-refractivity contribution < 1.29 is 4.79 Å². The molecule has 0 unspecified atom stereocenters. The van der Waals surface area contributed by atoms with Crippen LogP contribution in [0.1, 0.15) is 31.2 Å². The van der Waals surface area contributed by atoms with Gasteiger partial charge < -0.3 is 10.6 Å². The van der Waals surface area contributed by atoms with Crippen molar-refractivity contribution in [2.45, 2.75) is 38.1 Å². The van der Waals surface area contributed by atoms with Crippen LogP contribution in [0.5, 0.6) is 0 Å². The van der Waals surface area contributed by atoms with Crippen LogP contribution >= 0.6 is 0 Å². The molecule has 2 rings (SSSR count). The first-order chi connectivity index (χ1) is 10.3. The molecule has 1 fully saturated rings. The average Bonchev–Trinajstić information content (AvgIpc) is 2.53. The lowest BCUT2D eigenvalue weighted by molar-refractivity contribution is -0.120. The summed E-state index contributed by atoms with van der Waals surface area (Å²) in [5.74, 6) is 0.491. The van der Waals surface area contributed by atoms with Crippen molar-refractivity contribution in [3.63, 3.8) is 0 Å². The van der Waals surface area contributed by atoms with E-state index in [1.165, 1.54) is 24.8 Å². The molecule has 0 heterocycles. The third-order valence-corrected chi connectivity index (χ3v) is 4.14. The predicted molar refractivity (Wildman–Crippen MR) is 82.5 cm³/mol. The van der Waals surface area contributed by atoms with Gasteiger partial charge in [0.1, 0.15) is 6.54 Å². The maximum Gasteiger partial charge on any atom is 0.234 e. The Balaban J connectivity index is 1.84. The second kappa shape index (κ2) is 8.43. The van der Waals surface area contributed by atoms with Crippen molar-refractivity contribution >= 4 is 5.91 Å². The first-order valence-corrected chi connectivity index (χ1v) is 7.70. The van der Waals surface area contributed by atoms with Crippen LogP contribution in [0.3, 0.4) is 0 Å². The number of carbonyl (C=O) groups is 1. The number of amides is 1. The molecular weight excluding hydrogens is 262 g/mol. The number of nitrogens with one attached hydrogen (secondary N) is 2. The third-order valence-electron chi connectivity index (χ3n) is 4.14. The highest BCUT2D eigenvalue weighted by Crippen LogP contribution is 2.27. The normalized spacial score (nSPS) is 21.5. The van der Waals surface area contributed by atoms with Crippen LogP contribution in [0.15, 0.2) is 30.3 Å². The molecule has 4 heteroatoms. The smallest absolute Gasteiger partial charge is 0.234 e. The molecule has 2 atom stereocenters. The van der Waals surface area contributed by atoms with Gasteiger partial charge in [-0.15, -0.1) is 0 Å². The quantitative estimate of drug-likeness (QED) is 0.786. The topological polar surface area (TPSA) is 64.9 Å². The van der Waals surface area contributed by atoms with Gasteiger partial charge in [-0.05, 0) is 30.7 Å². The molecule has 1 aliphatic carbocycles. The Bertz CT molecular complexity index is 481. The van der Waals surface area contributed by atoms with E-state index in [2.05, 4.69) is 34.9 Å². The summed E-state index contributed by atoms with van der Waals surface area (Å²) in [4.78, 5) is 11.6. The number of hydrogen-bond acceptors (Lipinski definition) is 3. The van der Waals surface area contributed by atoms with Gasteiger partial charge in [-0.1, -0.05) is 43.2 Å². The van der Waals surface area contributed by atoms with Gasteiger partial charge in [0.2, 0.25) is 5.91 Å².